The minimum absolute atomic E-state index is 0.287. The van der Waals surface area contributed by atoms with E-state index in [1.54, 1.807) is 0 Å². The first-order valence-electron chi connectivity index (χ1n) is 4.22. The van der Waals surface area contributed by atoms with Crippen molar-refractivity contribution in [3.63, 3.8) is 0 Å². The number of hydrogen-bond donors (Lipinski definition) is 0. The lowest BCUT2D eigenvalue weighted by Gasteiger charge is -2.32. The zero-order chi connectivity index (χ0) is 7.84. The van der Waals surface area contributed by atoms with Crippen LogP contribution in [-0.4, -0.2) is 23.9 Å². The van der Waals surface area contributed by atoms with Gasteiger partial charge in [0.1, 0.15) is 0 Å². The number of amides is 1. The second-order valence-electron chi connectivity index (χ2n) is 3.45. The van der Waals surface area contributed by atoms with Crippen LogP contribution in [0.3, 0.4) is 0 Å². The van der Waals surface area contributed by atoms with Crippen molar-refractivity contribution in [3.05, 3.63) is 12.2 Å². The molecule has 3 rings (SSSR count). The van der Waals surface area contributed by atoms with E-state index in [4.69, 9.17) is 0 Å². The van der Waals surface area contributed by atoms with Crippen LogP contribution in [0.2, 0.25) is 0 Å². The summed E-state index contributed by atoms with van der Waals surface area (Å²) >= 11 is 0. The molecular formula is C9H13NO. The van der Waals surface area contributed by atoms with Gasteiger partial charge in [-0.25, -0.2) is 0 Å². The third-order valence-corrected chi connectivity index (χ3v) is 2.78. The SMILES string of the molecule is CN1C(=O)C2CC=CC1CC2. The Morgan fingerprint density at radius 2 is 2.36 bits per heavy atom. The molecule has 11 heavy (non-hydrogen) atoms. The Labute approximate surface area is 66.9 Å². The summed E-state index contributed by atoms with van der Waals surface area (Å²) in [6.45, 7) is 0. The normalized spacial score (nSPS) is 36.1. The molecule has 0 spiro atoms. The predicted octanol–water partition coefficient (Wildman–Crippen LogP) is 1.18. The molecule has 1 aliphatic carbocycles. The van der Waals surface area contributed by atoms with Gasteiger partial charge in [0.2, 0.25) is 5.91 Å². The highest BCUT2D eigenvalue weighted by molar-refractivity contribution is 5.80. The van der Waals surface area contributed by atoms with Crippen molar-refractivity contribution in [3.8, 4) is 0 Å². The Morgan fingerprint density at radius 3 is 3.18 bits per heavy atom. The molecule has 2 unspecified atom stereocenters. The average Bonchev–Trinajstić information content (AvgIpc) is 2.30. The summed E-state index contributed by atoms with van der Waals surface area (Å²) in [7, 11) is 1.91. The van der Waals surface area contributed by atoms with Crippen LogP contribution >= 0.6 is 0 Å². The second-order valence-corrected chi connectivity index (χ2v) is 3.45. The van der Waals surface area contributed by atoms with E-state index in [0.29, 0.717) is 11.9 Å². The Kier molecular flexibility index (Phi) is 1.48. The highest BCUT2D eigenvalue weighted by atomic mass is 16.2. The standard InChI is InChI=1S/C9H13NO/c1-10-8-4-2-3-7(5-6-8)9(10)11/h2,4,7-8H,3,5-6H2,1H3. The third-order valence-electron chi connectivity index (χ3n) is 2.78. The van der Waals surface area contributed by atoms with E-state index in [-0.39, 0.29) is 5.92 Å². The molecule has 2 heterocycles. The Morgan fingerprint density at radius 1 is 1.55 bits per heavy atom. The predicted molar refractivity (Wildman–Crippen MR) is 43.0 cm³/mol. The molecule has 0 aromatic rings. The molecule has 60 valence electrons. The van der Waals surface area contributed by atoms with Crippen molar-refractivity contribution in [2.45, 2.75) is 25.3 Å². The number of allylic oxidation sites excluding steroid dienone is 1. The van der Waals surface area contributed by atoms with Crippen LogP contribution in [0, 0.1) is 5.92 Å². The highest BCUT2D eigenvalue weighted by Gasteiger charge is 2.32. The van der Waals surface area contributed by atoms with E-state index in [9.17, 15) is 4.79 Å². The number of piperidine rings is 1. The maximum atomic E-state index is 11.5. The lowest BCUT2D eigenvalue weighted by molar-refractivity contribution is -0.138. The lowest BCUT2D eigenvalue weighted by atomic mass is 9.94. The smallest absolute Gasteiger partial charge is 0.226 e. The first-order valence-corrected chi connectivity index (χ1v) is 4.22. The van der Waals surface area contributed by atoms with Crippen LogP contribution in [0.15, 0.2) is 12.2 Å². The van der Waals surface area contributed by atoms with E-state index in [2.05, 4.69) is 12.2 Å². The average molecular weight is 151 g/mol. The summed E-state index contributed by atoms with van der Waals surface area (Å²) in [6, 6.07) is 0.390. The van der Waals surface area contributed by atoms with Gasteiger partial charge in [-0.15, -0.1) is 0 Å². The van der Waals surface area contributed by atoms with Gasteiger partial charge >= 0.3 is 0 Å². The third kappa shape index (κ3) is 0.971. The number of rotatable bonds is 0. The molecule has 2 bridgehead atoms. The second kappa shape index (κ2) is 2.36. The molecule has 0 saturated carbocycles. The minimum Gasteiger partial charge on any atom is -0.339 e. The van der Waals surface area contributed by atoms with E-state index in [0.717, 1.165) is 19.3 Å². The zero-order valence-corrected chi connectivity index (χ0v) is 6.79. The van der Waals surface area contributed by atoms with Crippen molar-refractivity contribution < 1.29 is 4.79 Å². The molecule has 0 aromatic carbocycles. The van der Waals surface area contributed by atoms with Gasteiger partial charge in [-0.2, -0.15) is 0 Å². The van der Waals surface area contributed by atoms with Gasteiger partial charge in [-0.1, -0.05) is 12.2 Å². The molecule has 1 amide bonds. The quantitative estimate of drug-likeness (QED) is 0.476. The van der Waals surface area contributed by atoms with Gasteiger partial charge in [0.15, 0.2) is 0 Å². The number of nitrogens with zero attached hydrogens (tertiary/aromatic N) is 1. The molecule has 0 aromatic heterocycles. The monoisotopic (exact) mass is 151 g/mol. The molecule has 2 aliphatic heterocycles. The summed E-state index contributed by atoms with van der Waals surface area (Å²) < 4.78 is 0. The van der Waals surface area contributed by atoms with E-state index < -0.39 is 0 Å². The number of carbonyl (C=O) groups excluding carboxylic acids is 1. The van der Waals surface area contributed by atoms with E-state index >= 15 is 0 Å². The molecule has 2 heteroatoms. The maximum Gasteiger partial charge on any atom is 0.226 e. The van der Waals surface area contributed by atoms with E-state index in [1.165, 1.54) is 0 Å². The Hall–Kier alpha value is -0.790. The van der Waals surface area contributed by atoms with Crippen LogP contribution in [0.5, 0.6) is 0 Å². The molecule has 1 fully saturated rings. The van der Waals surface area contributed by atoms with Crippen molar-refractivity contribution in [1.82, 2.24) is 4.90 Å². The van der Waals surface area contributed by atoms with Crippen molar-refractivity contribution in [2.24, 2.45) is 5.92 Å². The highest BCUT2D eigenvalue weighted by Crippen LogP contribution is 2.28. The fourth-order valence-corrected chi connectivity index (χ4v) is 1.98. The summed E-state index contributed by atoms with van der Waals surface area (Å²) in [5.41, 5.74) is 0. The molecule has 2 nitrogen and oxygen atoms in total. The number of likely N-dealkylation sites (N-methyl/N-ethyl adjacent to an activating group) is 1. The number of carbonyl (C=O) groups is 1. The summed E-state index contributed by atoms with van der Waals surface area (Å²) in [5, 5.41) is 0. The number of hydrogen-bond acceptors (Lipinski definition) is 1. The fourth-order valence-electron chi connectivity index (χ4n) is 1.98. The lowest BCUT2D eigenvalue weighted by Crippen LogP contribution is -2.42. The van der Waals surface area contributed by atoms with Crippen LogP contribution in [0.25, 0.3) is 0 Å². The van der Waals surface area contributed by atoms with Gasteiger partial charge < -0.3 is 4.90 Å². The molecule has 0 N–H and O–H groups in total. The van der Waals surface area contributed by atoms with Gasteiger partial charge in [0, 0.05) is 19.0 Å². The van der Waals surface area contributed by atoms with Gasteiger partial charge in [0.05, 0.1) is 0 Å². The van der Waals surface area contributed by atoms with Crippen molar-refractivity contribution >= 4 is 5.91 Å². The Bertz CT molecular complexity index is 206. The molecular weight excluding hydrogens is 138 g/mol. The van der Waals surface area contributed by atoms with Crippen LogP contribution in [0.4, 0.5) is 0 Å². The molecule has 0 radical (unpaired) electrons. The van der Waals surface area contributed by atoms with Crippen LogP contribution in [-0.2, 0) is 4.79 Å². The maximum absolute atomic E-state index is 11.5. The van der Waals surface area contributed by atoms with Gasteiger partial charge in [-0.3, -0.25) is 4.79 Å². The minimum atomic E-state index is 0.287. The molecule has 1 saturated heterocycles. The summed E-state index contributed by atoms with van der Waals surface area (Å²) in [6.07, 6.45) is 7.53. The van der Waals surface area contributed by atoms with E-state index in [1.807, 2.05) is 11.9 Å². The van der Waals surface area contributed by atoms with Crippen molar-refractivity contribution in [2.75, 3.05) is 7.05 Å². The van der Waals surface area contributed by atoms with Crippen LogP contribution in [0.1, 0.15) is 19.3 Å². The molecule has 3 aliphatic rings. The van der Waals surface area contributed by atoms with Gasteiger partial charge in [0.25, 0.3) is 0 Å². The fraction of sp³-hybridized carbons (Fsp3) is 0.667. The number of fused-ring (bicyclic) bond motifs is 3. The first kappa shape index (κ1) is 6.89. The Balaban J connectivity index is 2.29. The zero-order valence-electron chi connectivity index (χ0n) is 6.79. The summed E-state index contributed by atoms with van der Waals surface area (Å²) in [4.78, 5) is 13.4. The topological polar surface area (TPSA) is 20.3 Å². The summed E-state index contributed by atoms with van der Waals surface area (Å²) in [5.74, 6) is 0.626. The molecule has 2 atom stereocenters. The first-order chi connectivity index (χ1) is 5.29. The van der Waals surface area contributed by atoms with Crippen molar-refractivity contribution in [1.29, 1.82) is 0 Å². The van der Waals surface area contributed by atoms with Gasteiger partial charge in [-0.05, 0) is 19.3 Å². The largest absolute Gasteiger partial charge is 0.339 e. The van der Waals surface area contributed by atoms with Crippen LogP contribution < -0.4 is 0 Å².